The van der Waals surface area contributed by atoms with E-state index in [1.165, 1.54) is 22.2 Å². The topological polar surface area (TPSA) is 62.5 Å². The molecule has 3 heterocycles. The van der Waals surface area contributed by atoms with Crippen LogP contribution in [0, 0.1) is 17.8 Å². The van der Waals surface area contributed by atoms with E-state index >= 15 is 0 Å². The summed E-state index contributed by atoms with van der Waals surface area (Å²) in [6.07, 6.45) is 1.96. The normalized spacial score (nSPS) is 33.4. The number of rotatable bonds is 1. The average molecular weight is 338 g/mol. The van der Waals surface area contributed by atoms with E-state index in [1.54, 1.807) is 0 Å². The number of aliphatic carboxylic acids is 1. The highest BCUT2D eigenvalue weighted by atomic mass is 16.4. The van der Waals surface area contributed by atoms with Crippen LogP contribution in [0.4, 0.5) is 0 Å². The minimum absolute atomic E-state index is 0.0714. The van der Waals surface area contributed by atoms with Crippen molar-refractivity contribution < 1.29 is 14.7 Å². The number of carboxylic acids is 1. The fourth-order valence-electron chi connectivity index (χ4n) is 6.23. The minimum atomic E-state index is -0.755. The standard InChI is InChI=1S/C20H22N2O3/c1-11-10-20-14(17(11)19(24)25)9-16(23)22(20)8-7-13-12-5-3-4-6-15(12)21(2)18(13)20/h3-6,11,14,17H,7-10H2,1-2H3,(H,24,25)/t11-,14?,17+,20?/m0/s1. The van der Waals surface area contributed by atoms with Gasteiger partial charge in [0.05, 0.1) is 11.5 Å². The highest BCUT2D eigenvalue weighted by molar-refractivity contribution is 5.90. The first-order chi connectivity index (χ1) is 12.0. The van der Waals surface area contributed by atoms with Crippen LogP contribution in [0.15, 0.2) is 24.3 Å². The second-order valence-electron chi connectivity index (χ2n) is 7.98. The van der Waals surface area contributed by atoms with E-state index in [0.29, 0.717) is 13.0 Å². The number of hydrogen-bond donors (Lipinski definition) is 1. The number of aromatic nitrogens is 1. The van der Waals surface area contributed by atoms with Crippen LogP contribution in [0.1, 0.15) is 31.0 Å². The SMILES string of the molecule is C[C@H]1CC23c4c(c5ccccc5n4C)CCN2C(=O)CC3[C@@H]1C(=O)O. The molecule has 2 fully saturated rings. The number of hydrogen-bond acceptors (Lipinski definition) is 2. The molecule has 25 heavy (non-hydrogen) atoms. The van der Waals surface area contributed by atoms with Gasteiger partial charge < -0.3 is 14.6 Å². The zero-order chi connectivity index (χ0) is 17.5. The molecule has 4 atom stereocenters. The van der Waals surface area contributed by atoms with Gasteiger partial charge in [-0.15, -0.1) is 0 Å². The van der Waals surface area contributed by atoms with Crippen molar-refractivity contribution in [1.82, 2.24) is 9.47 Å². The lowest BCUT2D eigenvalue weighted by molar-refractivity contribution is -0.144. The predicted molar refractivity (Wildman–Crippen MR) is 93.0 cm³/mol. The van der Waals surface area contributed by atoms with E-state index < -0.39 is 17.4 Å². The lowest BCUT2D eigenvalue weighted by Gasteiger charge is -2.44. The summed E-state index contributed by atoms with van der Waals surface area (Å²) in [6, 6.07) is 8.37. The number of para-hydroxylation sites is 1. The number of carbonyl (C=O) groups excluding carboxylic acids is 1. The zero-order valence-electron chi connectivity index (χ0n) is 14.5. The molecule has 3 aliphatic rings. The van der Waals surface area contributed by atoms with Gasteiger partial charge in [-0.2, -0.15) is 0 Å². The Kier molecular flexibility index (Phi) is 2.79. The average Bonchev–Trinajstić information content (AvgIpc) is 3.12. The molecule has 5 nitrogen and oxygen atoms in total. The molecule has 1 N–H and O–H groups in total. The Balaban J connectivity index is 1.83. The predicted octanol–water partition coefficient (Wildman–Crippen LogP) is 2.52. The molecule has 1 saturated heterocycles. The quantitative estimate of drug-likeness (QED) is 0.869. The maximum atomic E-state index is 12.8. The summed E-state index contributed by atoms with van der Waals surface area (Å²) in [5, 5.41) is 11.1. The van der Waals surface area contributed by atoms with Crippen molar-refractivity contribution in [2.24, 2.45) is 24.8 Å². The summed E-state index contributed by atoms with van der Waals surface area (Å²) >= 11 is 0. The number of aryl methyl sites for hydroxylation is 1. The van der Waals surface area contributed by atoms with Crippen molar-refractivity contribution in [1.29, 1.82) is 0 Å². The van der Waals surface area contributed by atoms with E-state index in [4.69, 9.17) is 0 Å². The molecule has 0 bridgehead atoms. The molecular weight excluding hydrogens is 316 g/mol. The Morgan fingerprint density at radius 1 is 1.32 bits per heavy atom. The molecule has 5 rings (SSSR count). The number of fused-ring (bicyclic) bond motifs is 3. The second kappa shape index (κ2) is 4.65. The van der Waals surface area contributed by atoms with Gasteiger partial charge in [0, 0.05) is 42.5 Å². The maximum absolute atomic E-state index is 12.8. The van der Waals surface area contributed by atoms with Gasteiger partial charge in [-0.25, -0.2) is 0 Å². The molecule has 1 aliphatic carbocycles. The van der Waals surface area contributed by atoms with Crippen molar-refractivity contribution in [3.63, 3.8) is 0 Å². The monoisotopic (exact) mass is 338 g/mol. The fraction of sp³-hybridized carbons (Fsp3) is 0.500. The Morgan fingerprint density at radius 2 is 2.08 bits per heavy atom. The molecule has 1 aromatic heterocycles. The lowest BCUT2D eigenvalue weighted by Crippen LogP contribution is -2.50. The van der Waals surface area contributed by atoms with E-state index in [9.17, 15) is 14.7 Å². The Hall–Kier alpha value is -2.30. The number of nitrogens with zero attached hydrogens (tertiary/aromatic N) is 2. The molecule has 2 aromatic rings. The Morgan fingerprint density at radius 3 is 2.84 bits per heavy atom. The van der Waals surface area contributed by atoms with Gasteiger partial charge in [-0.3, -0.25) is 9.59 Å². The number of carbonyl (C=O) groups is 2. The van der Waals surface area contributed by atoms with Gasteiger partial charge >= 0.3 is 5.97 Å². The van der Waals surface area contributed by atoms with Gasteiger partial charge in [0.2, 0.25) is 5.91 Å². The molecule has 130 valence electrons. The summed E-state index contributed by atoms with van der Waals surface area (Å²) in [4.78, 5) is 26.7. The first kappa shape index (κ1) is 15.0. The van der Waals surface area contributed by atoms with Crippen molar-refractivity contribution in [2.45, 2.75) is 31.7 Å². The summed E-state index contributed by atoms with van der Waals surface area (Å²) < 4.78 is 2.22. The van der Waals surface area contributed by atoms with Crippen molar-refractivity contribution in [3.8, 4) is 0 Å². The summed E-state index contributed by atoms with van der Waals surface area (Å²) in [6.45, 7) is 2.74. The lowest BCUT2D eigenvalue weighted by atomic mass is 9.77. The van der Waals surface area contributed by atoms with Crippen LogP contribution in [-0.2, 0) is 28.6 Å². The van der Waals surface area contributed by atoms with E-state index in [1.807, 2.05) is 17.9 Å². The largest absolute Gasteiger partial charge is 0.481 e. The van der Waals surface area contributed by atoms with Gasteiger partial charge in [-0.1, -0.05) is 25.1 Å². The van der Waals surface area contributed by atoms with Gasteiger partial charge in [0.1, 0.15) is 0 Å². The van der Waals surface area contributed by atoms with Gasteiger partial charge in [0.25, 0.3) is 0 Å². The van der Waals surface area contributed by atoms with Crippen LogP contribution in [0.25, 0.3) is 10.9 Å². The first-order valence-corrected chi connectivity index (χ1v) is 9.07. The van der Waals surface area contributed by atoms with Crippen LogP contribution in [0.2, 0.25) is 0 Å². The third kappa shape index (κ3) is 1.59. The van der Waals surface area contributed by atoms with Gasteiger partial charge in [0.15, 0.2) is 0 Å². The highest BCUT2D eigenvalue weighted by Gasteiger charge is 2.66. The van der Waals surface area contributed by atoms with Gasteiger partial charge in [-0.05, 0) is 30.4 Å². The third-order valence-corrected chi connectivity index (χ3v) is 6.96. The van der Waals surface area contributed by atoms with Crippen molar-refractivity contribution >= 4 is 22.8 Å². The smallest absolute Gasteiger partial charge is 0.307 e. The summed E-state index contributed by atoms with van der Waals surface area (Å²) in [5.74, 6) is -1.14. The number of benzene rings is 1. The molecule has 0 radical (unpaired) electrons. The zero-order valence-corrected chi connectivity index (χ0v) is 14.5. The van der Waals surface area contributed by atoms with Crippen LogP contribution >= 0.6 is 0 Å². The van der Waals surface area contributed by atoms with E-state index in [2.05, 4.69) is 29.8 Å². The summed E-state index contributed by atoms with van der Waals surface area (Å²) in [5.41, 5.74) is 3.23. The van der Waals surface area contributed by atoms with E-state index in [0.717, 1.165) is 12.8 Å². The Labute approximate surface area is 146 Å². The second-order valence-corrected chi connectivity index (χ2v) is 7.98. The number of amides is 1. The molecule has 1 spiro atoms. The molecule has 2 unspecified atom stereocenters. The van der Waals surface area contributed by atoms with Crippen LogP contribution in [-0.4, -0.2) is 33.0 Å². The minimum Gasteiger partial charge on any atom is -0.481 e. The van der Waals surface area contributed by atoms with Crippen molar-refractivity contribution in [3.05, 3.63) is 35.5 Å². The van der Waals surface area contributed by atoms with Crippen LogP contribution in [0.3, 0.4) is 0 Å². The highest BCUT2D eigenvalue weighted by Crippen LogP contribution is 2.61. The van der Waals surface area contributed by atoms with Crippen molar-refractivity contribution in [2.75, 3.05) is 6.54 Å². The van der Waals surface area contributed by atoms with Crippen LogP contribution in [0.5, 0.6) is 0 Å². The first-order valence-electron chi connectivity index (χ1n) is 9.07. The molecule has 1 aromatic carbocycles. The number of carboxylic acid groups (broad SMARTS) is 1. The third-order valence-electron chi connectivity index (χ3n) is 6.96. The molecule has 2 aliphatic heterocycles. The summed E-state index contributed by atoms with van der Waals surface area (Å²) in [7, 11) is 2.07. The maximum Gasteiger partial charge on any atom is 0.307 e. The van der Waals surface area contributed by atoms with E-state index in [-0.39, 0.29) is 17.7 Å². The molecule has 1 amide bonds. The molecular formula is C20H22N2O3. The fourth-order valence-corrected chi connectivity index (χ4v) is 6.23. The Bertz CT molecular complexity index is 930. The molecule has 5 heteroatoms. The molecule has 1 saturated carbocycles. The van der Waals surface area contributed by atoms with Crippen LogP contribution < -0.4 is 0 Å².